The summed E-state index contributed by atoms with van der Waals surface area (Å²) in [6.07, 6.45) is 2.96. The molecule has 0 amide bonds. The van der Waals surface area contributed by atoms with Crippen LogP contribution in [0.4, 0.5) is 11.9 Å². The van der Waals surface area contributed by atoms with Gasteiger partial charge < -0.3 is 15.5 Å². The van der Waals surface area contributed by atoms with Crippen LogP contribution in [0.15, 0.2) is 12.7 Å². The van der Waals surface area contributed by atoms with E-state index in [1.807, 2.05) is 0 Å². The first kappa shape index (κ1) is 11.8. The summed E-state index contributed by atoms with van der Waals surface area (Å²) in [7, 11) is 2.10. The average molecular weight is 261 g/mol. The molecule has 0 saturated carbocycles. The minimum Gasteiger partial charge on any atom is -0.368 e. The SMILES string of the molecule is CN1CCN(c2nc(N)nc(-n3cncn3)n2)CC1. The Morgan fingerprint density at radius 3 is 2.47 bits per heavy atom. The minimum atomic E-state index is 0.189. The Morgan fingerprint density at radius 2 is 1.79 bits per heavy atom. The van der Waals surface area contributed by atoms with Crippen molar-refractivity contribution >= 4 is 11.9 Å². The Balaban J connectivity index is 1.90. The van der Waals surface area contributed by atoms with Gasteiger partial charge in [-0.25, -0.2) is 4.98 Å². The van der Waals surface area contributed by atoms with Crippen LogP contribution in [0.25, 0.3) is 5.95 Å². The van der Waals surface area contributed by atoms with Gasteiger partial charge in [-0.1, -0.05) is 0 Å². The summed E-state index contributed by atoms with van der Waals surface area (Å²) >= 11 is 0. The first-order valence-electron chi connectivity index (χ1n) is 6.02. The van der Waals surface area contributed by atoms with Crippen LogP contribution in [-0.4, -0.2) is 67.8 Å². The molecule has 0 unspecified atom stereocenters. The summed E-state index contributed by atoms with van der Waals surface area (Å²) in [4.78, 5) is 20.9. The van der Waals surface area contributed by atoms with Crippen molar-refractivity contribution in [2.24, 2.45) is 0 Å². The molecule has 2 aromatic rings. The van der Waals surface area contributed by atoms with Gasteiger partial charge in [0.25, 0.3) is 5.95 Å². The van der Waals surface area contributed by atoms with Crippen LogP contribution >= 0.6 is 0 Å². The van der Waals surface area contributed by atoms with Crippen molar-refractivity contribution < 1.29 is 0 Å². The van der Waals surface area contributed by atoms with Crippen molar-refractivity contribution in [3.63, 3.8) is 0 Å². The maximum atomic E-state index is 5.74. The van der Waals surface area contributed by atoms with E-state index in [1.165, 1.54) is 17.3 Å². The Morgan fingerprint density at radius 1 is 1.05 bits per heavy atom. The molecule has 9 nitrogen and oxygen atoms in total. The van der Waals surface area contributed by atoms with Crippen LogP contribution in [0.2, 0.25) is 0 Å². The smallest absolute Gasteiger partial charge is 0.258 e. The highest BCUT2D eigenvalue weighted by molar-refractivity contribution is 5.38. The second-order valence-electron chi connectivity index (χ2n) is 4.42. The number of hydrogen-bond donors (Lipinski definition) is 1. The number of anilines is 2. The van der Waals surface area contributed by atoms with Crippen LogP contribution in [0, 0.1) is 0 Å². The molecular weight excluding hydrogens is 246 g/mol. The molecule has 3 rings (SSSR count). The van der Waals surface area contributed by atoms with E-state index < -0.39 is 0 Å². The Bertz CT molecular complexity index is 544. The summed E-state index contributed by atoms with van der Waals surface area (Å²) < 4.78 is 1.47. The fourth-order valence-electron chi connectivity index (χ4n) is 1.93. The second-order valence-corrected chi connectivity index (χ2v) is 4.42. The predicted molar refractivity (Wildman–Crippen MR) is 68.9 cm³/mol. The van der Waals surface area contributed by atoms with E-state index in [1.54, 1.807) is 0 Å². The van der Waals surface area contributed by atoms with E-state index in [-0.39, 0.29) is 5.95 Å². The lowest BCUT2D eigenvalue weighted by molar-refractivity contribution is 0.311. The largest absolute Gasteiger partial charge is 0.368 e. The number of aromatic nitrogens is 6. The maximum absolute atomic E-state index is 5.74. The van der Waals surface area contributed by atoms with E-state index in [4.69, 9.17) is 5.73 Å². The Kier molecular flexibility index (Phi) is 2.95. The van der Waals surface area contributed by atoms with E-state index in [0.29, 0.717) is 11.9 Å². The normalized spacial score (nSPS) is 16.8. The molecule has 0 bridgehead atoms. The molecule has 0 aromatic carbocycles. The fraction of sp³-hybridized carbons (Fsp3) is 0.500. The fourth-order valence-corrected chi connectivity index (χ4v) is 1.93. The third-order valence-electron chi connectivity index (χ3n) is 3.04. The van der Waals surface area contributed by atoms with Crippen LogP contribution in [0.1, 0.15) is 0 Å². The lowest BCUT2D eigenvalue weighted by Crippen LogP contribution is -2.45. The van der Waals surface area contributed by atoms with E-state index in [9.17, 15) is 0 Å². The molecule has 19 heavy (non-hydrogen) atoms. The molecule has 100 valence electrons. The lowest BCUT2D eigenvalue weighted by atomic mass is 10.3. The number of rotatable bonds is 2. The molecule has 1 saturated heterocycles. The van der Waals surface area contributed by atoms with E-state index >= 15 is 0 Å². The van der Waals surface area contributed by atoms with Gasteiger partial charge in [-0.05, 0) is 7.05 Å². The second kappa shape index (κ2) is 4.76. The topological polar surface area (TPSA) is 102 Å². The van der Waals surface area contributed by atoms with Crippen LogP contribution in [0.5, 0.6) is 0 Å². The lowest BCUT2D eigenvalue weighted by Gasteiger charge is -2.32. The van der Waals surface area contributed by atoms with Crippen LogP contribution in [0.3, 0.4) is 0 Å². The Labute approximate surface area is 110 Å². The molecule has 2 N–H and O–H groups in total. The molecule has 0 aliphatic carbocycles. The van der Waals surface area contributed by atoms with Gasteiger partial charge in [-0.15, -0.1) is 0 Å². The highest BCUT2D eigenvalue weighted by Crippen LogP contribution is 2.13. The van der Waals surface area contributed by atoms with Crippen molar-refractivity contribution in [2.75, 3.05) is 43.9 Å². The molecule has 1 aliphatic heterocycles. The molecule has 0 radical (unpaired) electrons. The van der Waals surface area contributed by atoms with Crippen molar-refractivity contribution in [1.29, 1.82) is 0 Å². The number of nitrogens with two attached hydrogens (primary N) is 1. The van der Waals surface area contributed by atoms with Gasteiger partial charge in [0.2, 0.25) is 11.9 Å². The van der Waals surface area contributed by atoms with Gasteiger partial charge in [-0.2, -0.15) is 24.7 Å². The summed E-state index contributed by atoms with van der Waals surface area (Å²) in [5, 5.41) is 4.00. The molecule has 0 spiro atoms. The number of nitrogen functional groups attached to an aromatic ring is 1. The highest BCUT2D eigenvalue weighted by Gasteiger charge is 2.18. The molecule has 9 heteroatoms. The molecule has 1 fully saturated rings. The molecule has 0 atom stereocenters. The minimum absolute atomic E-state index is 0.189. The van der Waals surface area contributed by atoms with E-state index in [2.05, 4.69) is 41.9 Å². The highest BCUT2D eigenvalue weighted by atomic mass is 15.4. The van der Waals surface area contributed by atoms with Gasteiger partial charge in [0.05, 0.1) is 0 Å². The summed E-state index contributed by atoms with van der Waals surface area (Å²) in [5.74, 6) is 1.17. The summed E-state index contributed by atoms with van der Waals surface area (Å²) in [6, 6.07) is 0. The van der Waals surface area contributed by atoms with Crippen LogP contribution in [-0.2, 0) is 0 Å². The van der Waals surface area contributed by atoms with Crippen molar-refractivity contribution in [3.8, 4) is 5.95 Å². The predicted octanol–water partition coefficient (Wildman–Crippen LogP) is -1.21. The van der Waals surface area contributed by atoms with Crippen molar-refractivity contribution in [2.45, 2.75) is 0 Å². The molecule has 1 aliphatic rings. The van der Waals surface area contributed by atoms with Gasteiger partial charge in [0.1, 0.15) is 12.7 Å². The van der Waals surface area contributed by atoms with Gasteiger partial charge in [-0.3, -0.25) is 0 Å². The maximum Gasteiger partial charge on any atom is 0.258 e. The zero-order valence-corrected chi connectivity index (χ0v) is 10.6. The zero-order chi connectivity index (χ0) is 13.2. The number of likely N-dealkylation sites (N-methyl/N-ethyl adjacent to an activating group) is 1. The van der Waals surface area contributed by atoms with Crippen LogP contribution < -0.4 is 10.6 Å². The number of piperazine rings is 1. The Hall–Kier alpha value is -2.29. The van der Waals surface area contributed by atoms with Gasteiger partial charge >= 0.3 is 0 Å². The number of hydrogen-bond acceptors (Lipinski definition) is 8. The van der Waals surface area contributed by atoms with Crippen molar-refractivity contribution in [1.82, 2.24) is 34.6 Å². The molecule has 2 aromatic heterocycles. The zero-order valence-electron chi connectivity index (χ0n) is 10.6. The molecular formula is C10H15N9. The molecule has 3 heterocycles. The summed E-state index contributed by atoms with van der Waals surface area (Å²) in [5.41, 5.74) is 5.74. The average Bonchev–Trinajstić information content (AvgIpc) is 2.93. The van der Waals surface area contributed by atoms with Crippen molar-refractivity contribution in [3.05, 3.63) is 12.7 Å². The van der Waals surface area contributed by atoms with Gasteiger partial charge in [0.15, 0.2) is 0 Å². The first-order valence-corrected chi connectivity index (χ1v) is 6.02. The standard InChI is InChI=1S/C10H15N9/c1-17-2-4-18(5-3-17)9-14-8(11)15-10(16-9)19-7-12-6-13-19/h6-7H,2-5H2,1H3,(H2,11,14,15,16). The third kappa shape index (κ3) is 2.45. The summed E-state index contributed by atoms with van der Waals surface area (Å²) in [6.45, 7) is 3.70. The van der Waals surface area contributed by atoms with Gasteiger partial charge in [0, 0.05) is 26.2 Å². The van der Waals surface area contributed by atoms with E-state index in [0.717, 1.165) is 26.2 Å². The third-order valence-corrected chi connectivity index (χ3v) is 3.04. The first-order chi connectivity index (χ1) is 9.22. The number of nitrogens with zero attached hydrogens (tertiary/aromatic N) is 8. The monoisotopic (exact) mass is 261 g/mol. The quantitative estimate of drug-likeness (QED) is 0.718.